The molecule has 2 aromatic rings. The molecule has 2 amide bonds. The van der Waals surface area contributed by atoms with Gasteiger partial charge in [-0.2, -0.15) is 0 Å². The number of fused-ring (bicyclic) bond motifs is 2. The minimum atomic E-state index is -0.216. The van der Waals surface area contributed by atoms with E-state index in [2.05, 4.69) is 21.2 Å². The number of piperidine rings is 1. The molecule has 5 nitrogen and oxygen atoms in total. The van der Waals surface area contributed by atoms with Crippen LogP contribution < -0.4 is 10.1 Å². The van der Waals surface area contributed by atoms with Crippen LogP contribution in [0.1, 0.15) is 46.4 Å². The number of nitrogens with one attached hydrogen (secondary N) is 1. The number of hydrogen-bond donors (Lipinski definition) is 1. The SMILES string of the molecule is O=C(Nc1ccc2c(c1)C(=O)N1CCCCC1CCO2)c1cccc(Br)c1. The minimum absolute atomic E-state index is 0.00652. The highest BCUT2D eigenvalue weighted by Crippen LogP contribution is 2.31. The average Bonchev–Trinajstić information content (AvgIpc) is 2.67. The van der Waals surface area contributed by atoms with E-state index in [0.717, 1.165) is 36.7 Å². The zero-order valence-corrected chi connectivity index (χ0v) is 16.5. The Kier molecular flexibility index (Phi) is 5.16. The Morgan fingerprint density at radius 2 is 2.04 bits per heavy atom. The Labute approximate surface area is 166 Å². The van der Waals surface area contributed by atoms with Gasteiger partial charge in [-0.1, -0.05) is 22.0 Å². The zero-order chi connectivity index (χ0) is 18.8. The summed E-state index contributed by atoms with van der Waals surface area (Å²) in [6.07, 6.45) is 4.10. The summed E-state index contributed by atoms with van der Waals surface area (Å²) in [4.78, 5) is 27.6. The number of carbonyl (C=O) groups excluding carboxylic acids is 2. The van der Waals surface area contributed by atoms with Crippen molar-refractivity contribution in [2.45, 2.75) is 31.7 Å². The third kappa shape index (κ3) is 3.86. The summed E-state index contributed by atoms with van der Waals surface area (Å²) < 4.78 is 6.68. The zero-order valence-electron chi connectivity index (χ0n) is 14.9. The molecule has 0 radical (unpaired) electrons. The van der Waals surface area contributed by atoms with Crippen LogP contribution in [0.5, 0.6) is 5.75 Å². The molecule has 1 fully saturated rings. The van der Waals surface area contributed by atoms with Gasteiger partial charge in [-0.05, 0) is 55.7 Å². The van der Waals surface area contributed by atoms with Crippen molar-refractivity contribution in [3.8, 4) is 5.75 Å². The van der Waals surface area contributed by atoms with Crippen molar-refractivity contribution in [2.24, 2.45) is 0 Å². The first-order chi connectivity index (χ1) is 13.1. The van der Waals surface area contributed by atoms with Gasteiger partial charge in [0.1, 0.15) is 5.75 Å². The van der Waals surface area contributed by atoms with Crippen LogP contribution in [0.25, 0.3) is 0 Å². The summed E-state index contributed by atoms with van der Waals surface area (Å²) in [5.41, 5.74) is 1.66. The van der Waals surface area contributed by atoms with Gasteiger partial charge in [0.2, 0.25) is 0 Å². The number of rotatable bonds is 2. The van der Waals surface area contributed by atoms with E-state index in [9.17, 15) is 9.59 Å². The predicted octanol–water partition coefficient (Wildman–Crippen LogP) is 4.48. The van der Waals surface area contributed by atoms with Gasteiger partial charge in [-0.25, -0.2) is 0 Å². The van der Waals surface area contributed by atoms with E-state index in [0.29, 0.717) is 29.2 Å². The maximum Gasteiger partial charge on any atom is 0.257 e. The van der Waals surface area contributed by atoms with Crippen molar-refractivity contribution in [3.63, 3.8) is 0 Å². The van der Waals surface area contributed by atoms with E-state index in [-0.39, 0.29) is 17.9 Å². The molecule has 2 aromatic carbocycles. The van der Waals surface area contributed by atoms with Crippen molar-refractivity contribution >= 4 is 33.4 Å². The standard InChI is InChI=1S/C21H21BrN2O3/c22-15-5-3-4-14(12-15)20(25)23-16-7-8-19-18(13-16)21(26)24-10-2-1-6-17(24)9-11-27-19/h3-5,7-8,12-13,17H,1-2,6,9-11H2,(H,23,25). The van der Waals surface area contributed by atoms with E-state index in [1.54, 1.807) is 30.3 Å². The first kappa shape index (κ1) is 18.0. The maximum atomic E-state index is 13.1. The molecule has 1 saturated heterocycles. The van der Waals surface area contributed by atoms with E-state index in [1.165, 1.54) is 0 Å². The number of ether oxygens (including phenoxy) is 1. The van der Waals surface area contributed by atoms with Crippen molar-refractivity contribution in [2.75, 3.05) is 18.5 Å². The first-order valence-electron chi connectivity index (χ1n) is 9.26. The van der Waals surface area contributed by atoms with Gasteiger partial charge in [0.15, 0.2) is 0 Å². The lowest BCUT2D eigenvalue weighted by molar-refractivity contribution is 0.0548. The fourth-order valence-corrected chi connectivity index (χ4v) is 4.16. The molecule has 1 atom stereocenters. The topological polar surface area (TPSA) is 58.6 Å². The summed E-state index contributed by atoms with van der Waals surface area (Å²) >= 11 is 3.37. The van der Waals surface area contributed by atoms with Gasteiger partial charge in [-0.3, -0.25) is 9.59 Å². The molecule has 0 saturated carbocycles. The highest BCUT2D eigenvalue weighted by Gasteiger charge is 2.31. The molecule has 0 aromatic heterocycles. The Morgan fingerprint density at radius 1 is 1.15 bits per heavy atom. The molecule has 27 heavy (non-hydrogen) atoms. The highest BCUT2D eigenvalue weighted by atomic mass is 79.9. The molecule has 0 bridgehead atoms. The lowest BCUT2D eigenvalue weighted by atomic mass is 9.97. The van der Waals surface area contributed by atoms with Crippen LogP contribution in [0.4, 0.5) is 5.69 Å². The van der Waals surface area contributed by atoms with Crippen LogP contribution in [0.15, 0.2) is 46.9 Å². The van der Waals surface area contributed by atoms with Crippen LogP contribution in [0.3, 0.4) is 0 Å². The second-order valence-electron chi connectivity index (χ2n) is 6.96. The second-order valence-corrected chi connectivity index (χ2v) is 7.88. The number of nitrogens with zero attached hydrogens (tertiary/aromatic N) is 1. The van der Waals surface area contributed by atoms with Crippen molar-refractivity contribution in [1.82, 2.24) is 4.90 Å². The van der Waals surface area contributed by atoms with Crippen LogP contribution in [0, 0.1) is 0 Å². The predicted molar refractivity (Wildman–Crippen MR) is 107 cm³/mol. The average molecular weight is 429 g/mol. The molecule has 1 unspecified atom stereocenters. The third-order valence-electron chi connectivity index (χ3n) is 5.15. The number of amides is 2. The van der Waals surface area contributed by atoms with E-state index in [1.807, 2.05) is 17.0 Å². The Morgan fingerprint density at radius 3 is 2.89 bits per heavy atom. The Bertz CT molecular complexity index is 883. The number of halogens is 1. The number of anilines is 1. The fourth-order valence-electron chi connectivity index (χ4n) is 3.76. The van der Waals surface area contributed by atoms with Gasteiger partial charge < -0.3 is 15.0 Å². The van der Waals surface area contributed by atoms with Gasteiger partial charge >= 0.3 is 0 Å². The summed E-state index contributed by atoms with van der Waals surface area (Å²) in [6, 6.07) is 12.7. The summed E-state index contributed by atoms with van der Waals surface area (Å²) in [5.74, 6) is 0.365. The van der Waals surface area contributed by atoms with E-state index < -0.39 is 0 Å². The van der Waals surface area contributed by atoms with Gasteiger partial charge in [0, 0.05) is 34.7 Å². The normalized spacial score (nSPS) is 19.2. The molecule has 2 aliphatic rings. The van der Waals surface area contributed by atoms with Crippen molar-refractivity contribution in [1.29, 1.82) is 0 Å². The molecular formula is C21H21BrN2O3. The summed E-state index contributed by atoms with van der Waals surface area (Å²) in [6.45, 7) is 1.39. The molecule has 4 rings (SSSR count). The third-order valence-corrected chi connectivity index (χ3v) is 5.64. The minimum Gasteiger partial charge on any atom is -0.493 e. The number of carbonyl (C=O) groups is 2. The molecule has 2 aliphatic heterocycles. The van der Waals surface area contributed by atoms with Crippen LogP contribution in [-0.4, -0.2) is 35.9 Å². The monoisotopic (exact) mass is 428 g/mol. The molecular weight excluding hydrogens is 408 g/mol. The molecule has 2 heterocycles. The molecule has 0 spiro atoms. The fraction of sp³-hybridized carbons (Fsp3) is 0.333. The molecule has 140 valence electrons. The van der Waals surface area contributed by atoms with Gasteiger partial charge in [0.05, 0.1) is 12.2 Å². The summed E-state index contributed by atoms with van der Waals surface area (Å²) in [7, 11) is 0. The largest absolute Gasteiger partial charge is 0.493 e. The second kappa shape index (κ2) is 7.72. The molecule has 6 heteroatoms. The quantitative estimate of drug-likeness (QED) is 0.766. The van der Waals surface area contributed by atoms with Gasteiger partial charge in [0.25, 0.3) is 11.8 Å². The highest BCUT2D eigenvalue weighted by molar-refractivity contribution is 9.10. The van der Waals surface area contributed by atoms with Crippen LogP contribution >= 0.6 is 15.9 Å². The van der Waals surface area contributed by atoms with Crippen molar-refractivity contribution < 1.29 is 14.3 Å². The number of hydrogen-bond acceptors (Lipinski definition) is 3. The Balaban J connectivity index is 1.60. The van der Waals surface area contributed by atoms with Crippen LogP contribution in [-0.2, 0) is 0 Å². The van der Waals surface area contributed by atoms with E-state index >= 15 is 0 Å². The first-order valence-corrected chi connectivity index (χ1v) is 10.1. The smallest absolute Gasteiger partial charge is 0.257 e. The Hall–Kier alpha value is -2.34. The molecule has 1 N–H and O–H groups in total. The van der Waals surface area contributed by atoms with Gasteiger partial charge in [-0.15, -0.1) is 0 Å². The lowest BCUT2D eigenvalue weighted by Gasteiger charge is -2.37. The maximum absolute atomic E-state index is 13.1. The molecule has 0 aliphatic carbocycles. The van der Waals surface area contributed by atoms with E-state index in [4.69, 9.17) is 4.74 Å². The summed E-state index contributed by atoms with van der Waals surface area (Å²) in [5, 5.41) is 2.88. The van der Waals surface area contributed by atoms with Crippen LogP contribution in [0.2, 0.25) is 0 Å². The number of benzene rings is 2. The van der Waals surface area contributed by atoms with Crippen molar-refractivity contribution in [3.05, 3.63) is 58.1 Å². The lowest BCUT2D eigenvalue weighted by Crippen LogP contribution is -2.45.